The molecule has 0 saturated carbocycles. The van der Waals surface area contributed by atoms with Crippen molar-refractivity contribution in [2.24, 2.45) is 5.73 Å². The highest BCUT2D eigenvalue weighted by Gasteiger charge is 2.02. The molecule has 1 aromatic carbocycles. The molecule has 0 saturated heterocycles. The zero-order chi connectivity index (χ0) is 10.7. The lowest BCUT2D eigenvalue weighted by atomic mass is 10.2. The summed E-state index contributed by atoms with van der Waals surface area (Å²) in [6.07, 6.45) is 0. The van der Waals surface area contributed by atoms with Crippen LogP contribution in [0.15, 0.2) is 34.3 Å². The Hall–Kier alpha value is -1.33. The standard InChI is InChI=1S/C10H12N4S/c1-7-12-10(14-13-7)15-9-4-2-3-8(5-9)6-11/h2-5H,6,11H2,1H3,(H,12,13,14). The molecule has 15 heavy (non-hydrogen) atoms. The maximum Gasteiger partial charge on any atom is 0.213 e. The number of aryl methyl sites for hydroxylation is 1. The molecule has 78 valence electrons. The molecule has 5 heteroatoms. The number of benzene rings is 1. The highest BCUT2D eigenvalue weighted by atomic mass is 32.2. The fraction of sp³-hybridized carbons (Fsp3) is 0.200. The lowest BCUT2D eigenvalue weighted by Crippen LogP contribution is -1.95. The van der Waals surface area contributed by atoms with Gasteiger partial charge in [0.25, 0.3) is 0 Å². The highest BCUT2D eigenvalue weighted by molar-refractivity contribution is 7.99. The number of nitrogens with two attached hydrogens (primary N) is 1. The second kappa shape index (κ2) is 4.46. The summed E-state index contributed by atoms with van der Waals surface area (Å²) in [5, 5.41) is 7.61. The van der Waals surface area contributed by atoms with Crippen LogP contribution in [0.5, 0.6) is 0 Å². The Kier molecular flexibility index (Phi) is 3.03. The monoisotopic (exact) mass is 220 g/mol. The molecular weight excluding hydrogens is 208 g/mol. The first-order valence-electron chi connectivity index (χ1n) is 4.64. The van der Waals surface area contributed by atoms with Gasteiger partial charge in [-0.25, -0.2) is 4.98 Å². The summed E-state index contributed by atoms with van der Waals surface area (Å²) >= 11 is 1.53. The summed E-state index contributed by atoms with van der Waals surface area (Å²) in [4.78, 5) is 5.33. The van der Waals surface area contributed by atoms with E-state index in [2.05, 4.69) is 21.2 Å². The molecule has 4 nitrogen and oxygen atoms in total. The van der Waals surface area contributed by atoms with Gasteiger partial charge in [0.05, 0.1) is 0 Å². The van der Waals surface area contributed by atoms with Gasteiger partial charge in [0.15, 0.2) is 0 Å². The molecule has 2 rings (SSSR count). The van der Waals surface area contributed by atoms with Gasteiger partial charge in [-0.1, -0.05) is 12.1 Å². The predicted octanol–water partition coefficient (Wildman–Crippen LogP) is 1.72. The third kappa shape index (κ3) is 2.57. The summed E-state index contributed by atoms with van der Waals surface area (Å²) in [6.45, 7) is 2.44. The number of nitrogens with one attached hydrogen (secondary N) is 1. The average molecular weight is 220 g/mol. The number of nitrogens with zero attached hydrogens (tertiary/aromatic N) is 2. The Morgan fingerprint density at radius 2 is 2.33 bits per heavy atom. The summed E-state index contributed by atoms with van der Waals surface area (Å²) < 4.78 is 0. The SMILES string of the molecule is Cc1nc(Sc2cccc(CN)c2)n[nH]1. The Morgan fingerprint density at radius 1 is 1.47 bits per heavy atom. The van der Waals surface area contributed by atoms with E-state index in [1.54, 1.807) is 0 Å². The average Bonchev–Trinajstić information content (AvgIpc) is 2.64. The van der Waals surface area contributed by atoms with Crippen molar-refractivity contribution >= 4 is 11.8 Å². The van der Waals surface area contributed by atoms with Crippen molar-refractivity contribution in [1.29, 1.82) is 0 Å². The van der Waals surface area contributed by atoms with E-state index in [4.69, 9.17) is 5.73 Å². The minimum atomic E-state index is 0.557. The topological polar surface area (TPSA) is 67.6 Å². The first kappa shape index (κ1) is 10.2. The van der Waals surface area contributed by atoms with E-state index in [-0.39, 0.29) is 0 Å². The zero-order valence-corrected chi connectivity index (χ0v) is 9.21. The van der Waals surface area contributed by atoms with E-state index in [1.807, 2.05) is 25.1 Å². The minimum absolute atomic E-state index is 0.557. The molecule has 0 unspecified atom stereocenters. The Bertz CT molecular complexity index is 452. The Morgan fingerprint density at radius 3 is 3.00 bits per heavy atom. The van der Waals surface area contributed by atoms with Crippen LogP contribution in [0.1, 0.15) is 11.4 Å². The zero-order valence-electron chi connectivity index (χ0n) is 8.40. The fourth-order valence-corrected chi connectivity index (χ4v) is 2.05. The van der Waals surface area contributed by atoms with Gasteiger partial charge >= 0.3 is 0 Å². The van der Waals surface area contributed by atoms with Crippen molar-refractivity contribution < 1.29 is 0 Å². The van der Waals surface area contributed by atoms with Gasteiger partial charge < -0.3 is 5.73 Å². The Labute approximate surface area is 92.3 Å². The number of aromatic amines is 1. The summed E-state index contributed by atoms with van der Waals surface area (Å²) in [6, 6.07) is 8.07. The molecule has 0 atom stereocenters. The minimum Gasteiger partial charge on any atom is -0.326 e. The van der Waals surface area contributed by atoms with Gasteiger partial charge in [0.2, 0.25) is 5.16 Å². The quantitative estimate of drug-likeness (QED) is 0.826. The molecule has 0 radical (unpaired) electrons. The highest BCUT2D eigenvalue weighted by Crippen LogP contribution is 2.24. The molecule has 0 bridgehead atoms. The van der Waals surface area contributed by atoms with E-state index >= 15 is 0 Å². The van der Waals surface area contributed by atoms with Crippen molar-refractivity contribution in [1.82, 2.24) is 15.2 Å². The summed E-state index contributed by atoms with van der Waals surface area (Å²) in [7, 11) is 0. The lowest BCUT2D eigenvalue weighted by Gasteiger charge is -1.99. The molecule has 3 N–H and O–H groups in total. The van der Waals surface area contributed by atoms with Gasteiger partial charge in [-0.3, -0.25) is 5.10 Å². The Balaban J connectivity index is 2.16. The van der Waals surface area contributed by atoms with Crippen LogP contribution in [0, 0.1) is 6.92 Å². The molecule has 0 spiro atoms. The van der Waals surface area contributed by atoms with Crippen molar-refractivity contribution in [3.05, 3.63) is 35.7 Å². The summed E-state index contributed by atoms with van der Waals surface area (Å²) in [5.41, 5.74) is 6.69. The van der Waals surface area contributed by atoms with Crippen molar-refractivity contribution in [2.75, 3.05) is 0 Å². The molecule has 0 aliphatic rings. The maximum absolute atomic E-state index is 5.57. The fourth-order valence-electron chi connectivity index (χ4n) is 1.21. The molecule has 0 fully saturated rings. The largest absolute Gasteiger partial charge is 0.326 e. The van der Waals surface area contributed by atoms with Crippen LogP contribution in [0.4, 0.5) is 0 Å². The predicted molar refractivity (Wildman–Crippen MR) is 59.6 cm³/mol. The lowest BCUT2D eigenvalue weighted by molar-refractivity contribution is 0.968. The molecule has 2 aromatic rings. The first-order valence-corrected chi connectivity index (χ1v) is 5.45. The van der Waals surface area contributed by atoms with Crippen LogP contribution in [-0.2, 0) is 6.54 Å². The van der Waals surface area contributed by atoms with Crippen molar-refractivity contribution in [3.8, 4) is 0 Å². The van der Waals surface area contributed by atoms with Crippen LogP contribution in [-0.4, -0.2) is 15.2 Å². The van der Waals surface area contributed by atoms with E-state index in [0.717, 1.165) is 21.4 Å². The first-order chi connectivity index (χ1) is 7.28. The van der Waals surface area contributed by atoms with Gasteiger partial charge in [0.1, 0.15) is 5.82 Å². The van der Waals surface area contributed by atoms with Crippen LogP contribution >= 0.6 is 11.8 Å². The maximum atomic E-state index is 5.57. The van der Waals surface area contributed by atoms with Crippen LogP contribution in [0.2, 0.25) is 0 Å². The van der Waals surface area contributed by atoms with E-state index < -0.39 is 0 Å². The van der Waals surface area contributed by atoms with Gasteiger partial charge in [0, 0.05) is 11.4 Å². The summed E-state index contributed by atoms with van der Waals surface area (Å²) in [5.74, 6) is 0.826. The molecular formula is C10H12N4S. The number of rotatable bonds is 3. The normalized spacial score (nSPS) is 10.5. The third-order valence-corrected chi connectivity index (χ3v) is 2.77. The van der Waals surface area contributed by atoms with E-state index in [1.165, 1.54) is 11.8 Å². The van der Waals surface area contributed by atoms with Crippen LogP contribution in [0.3, 0.4) is 0 Å². The van der Waals surface area contributed by atoms with E-state index in [9.17, 15) is 0 Å². The molecule has 0 aliphatic carbocycles. The molecule has 0 aliphatic heterocycles. The number of hydrogen-bond acceptors (Lipinski definition) is 4. The second-order valence-corrected chi connectivity index (χ2v) is 4.20. The molecule has 1 heterocycles. The third-order valence-electron chi connectivity index (χ3n) is 1.92. The number of hydrogen-bond donors (Lipinski definition) is 2. The second-order valence-electron chi connectivity index (χ2n) is 3.16. The van der Waals surface area contributed by atoms with Crippen LogP contribution < -0.4 is 5.73 Å². The van der Waals surface area contributed by atoms with Crippen molar-refractivity contribution in [2.45, 2.75) is 23.5 Å². The van der Waals surface area contributed by atoms with Crippen molar-refractivity contribution in [3.63, 3.8) is 0 Å². The van der Waals surface area contributed by atoms with Gasteiger partial charge in [-0.2, -0.15) is 0 Å². The van der Waals surface area contributed by atoms with Crippen LogP contribution in [0.25, 0.3) is 0 Å². The van der Waals surface area contributed by atoms with Gasteiger partial charge in [-0.15, -0.1) is 5.10 Å². The number of H-pyrrole nitrogens is 1. The number of aromatic nitrogens is 3. The molecule has 1 aromatic heterocycles. The van der Waals surface area contributed by atoms with E-state index in [0.29, 0.717) is 6.54 Å². The molecule has 0 amide bonds. The smallest absolute Gasteiger partial charge is 0.213 e. The van der Waals surface area contributed by atoms with Gasteiger partial charge in [-0.05, 0) is 36.4 Å².